The second-order valence-corrected chi connectivity index (χ2v) is 2.69. The van der Waals surface area contributed by atoms with Gasteiger partial charge in [0.25, 0.3) is 0 Å². The zero-order chi connectivity index (χ0) is 9.10. The summed E-state index contributed by atoms with van der Waals surface area (Å²) >= 11 is 0. The first-order valence-electron chi connectivity index (χ1n) is 4.23. The number of hydrogen-bond donors (Lipinski definition) is 0. The van der Waals surface area contributed by atoms with Gasteiger partial charge in [-0.05, 0) is 18.6 Å². The predicted molar refractivity (Wildman–Crippen MR) is 48.5 cm³/mol. The molecule has 0 saturated heterocycles. The highest BCUT2D eigenvalue weighted by atomic mass is 15.4. The number of aromatic nitrogens is 4. The van der Waals surface area contributed by atoms with Crippen LogP contribution in [0.15, 0.2) is 30.6 Å². The van der Waals surface area contributed by atoms with Gasteiger partial charge in [-0.2, -0.15) is 0 Å². The Bertz CT molecular complexity index is 380. The van der Waals surface area contributed by atoms with E-state index in [9.17, 15) is 0 Å². The van der Waals surface area contributed by atoms with Gasteiger partial charge in [-0.3, -0.25) is 0 Å². The lowest BCUT2D eigenvalue weighted by Gasteiger charge is -2.00. The maximum Gasteiger partial charge on any atom is 0.155 e. The van der Waals surface area contributed by atoms with Crippen molar-refractivity contribution in [3.63, 3.8) is 0 Å². The van der Waals surface area contributed by atoms with E-state index in [0.717, 1.165) is 17.9 Å². The van der Waals surface area contributed by atoms with E-state index in [-0.39, 0.29) is 0 Å². The molecule has 0 aliphatic heterocycles. The molecule has 2 heterocycles. The van der Waals surface area contributed by atoms with E-state index in [4.69, 9.17) is 0 Å². The molecule has 0 fully saturated rings. The van der Waals surface area contributed by atoms with Crippen molar-refractivity contribution in [2.24, 2.45) is 0 Å². The molecule has 0 N–H and O–H groups in total. The Balaban J connectivity index is 2.41. The Morgan fingerprint density at radius 1 is 1.38 bits per heavy atom. The first kappa shape index (κ1) is 7.91. The van der Waals surface area contributed by atoms with E-state index >= 15 is 0 Å². The van der Waals surface area contributed by atoms with Gasteiger partial charge < -0.3 is 0 Å². The lowest BCUT2D eigenvalue weighted by molar-refractivity contribution is 0.774. The van der Waals surface area contributed by atoms with Gasteiger partial charge in [0, 0.05) is 5.69 Å². The maximum absolute atomic E-state index is 4.39. The monoisotopic (exact) mass is 174 g/mol. The highest BCUT2D eigenvalue weighted by Gasteiger charge is 1.98. The number of rotatable bonds is 2. The molecule has 13 heavy (non-hydrogen) atoms. The maximum atomic E-state index is 4.39. The first-order valence-corrected chi connectivity index (χ1v) is 4.23. The molecule has 0 amide bonds. The number of pyridine rings is 1. The summed E-state index contributed by atoms with van der Waals surface area (Å²) in [6, 6.07) is 5.89. The van der Waals surface area contributed by atoms with E-state index in [1.165, 1.54) is 0 Å². The minimum atomic E-state index is 0.817. The molecule has 0 saturated carbocycles. The Kier molecular flexibility index (Phi) is 2.04. The highest BCUT2D eigenvalue weighted by molar-refractivity contribution is 5.22. The number of aryl methyl sites for hydroxylation is 1. The molecule has 0 aliphatic carbocycles. The Morgan fingerprint density at radius 2 is 2.31 bits per heavy atom. The van der Waals surface area contributed by atoms with Crippen LogP contribution in [0.3, 0.4) is 0 Å². The van der Waals surface area contributed by atoms with Crippen LogP contribution in [0.1, 0.15) is 12.6 Å². The van der Waals surface area contributed by atoms with Gasteiger partial charge in [0.1, 0.15) is 0 Å². The molecule has 0 unspecified atom stereocenters. The van der Waals surface area contributed by atoms with Crippen LogP contribution in [0.25, 0.3) is 5.82 Å². The average Bonchev–Trinajstić information content (AvgIpc) is 2.71. The normalized spacial score (nSPS) is 10.2. The SMILES string of the molecule is CCc1cccc(-n2ccnn2)n1. The zero-order valence-corrected chi connectivity index (χ0v) is 7.38. The van der Waals surface area contributed by atoms with Gasteiger partial charge in [0.05, 0.1) is 12.4 Å². The highest BCUT2D eigenvalue weighted by Crippen LogP contribution is 2.03. The quantitative estimate of drug-likeness (QED) is 0.687. The first-order chi connectivity index (χ1) is 6.40. The van der Waals surface area contributed by atoms with Crippen molar-refractivity contribution in [3.8, 4) is 5.82 Å². The number of nitrogens with zero attached hydrogens (tertiary/aromatic N) is 4. The van der Waals surface area contributed by atoms with Crippen molar-refractivity contribution in [2.45, 2.75) is 13.3 Å². The molecule has 0 atom stereocenters. The third-order valence-electron chi connectivity index (χ3n) is 1.81. The standard InChI is InChI=1S/C9H10N4/c1-2-8-4-3-5-9(11-8)13-7-6-10-12-13/h3-7H,2H2,1H3. The fourth-order valence-electron chi connectivity index (χ4n) is 1.12. The topological polar surface area (TPSA) is 43.6 Å². The summed E-state index contributed by atoms with van der Waals surface area (Å²) < 4.78 is 1.65. The zero-order valence-electron chi connectivity index (χ0n) is 7.38. The molecular formula is C9H10N4. The molecule has 2 rings (SSSR count). The lowest BCUT2D eigenvalue weighted by Crippen LogP contribution is -2.00. The van der Waals surface area contributed by atoms with Crippen LogP contribution in [-0.4, -0.2) is 20.0 Å². The third-order valence-corrected chi connectivity index (χ3v) is 1.81. The molecule has 4 heteroatoms. The van der Waals surface area contributed by atoms with Crippen LogP contribution in [-0.2, 0) is 6.42 Å². The van der Waals surface area contributed by atoms with Crippen LogP contribution in [0.2, 0.25) is 0 Å². The average molecular weight is 174 g/mol. The molecular weight excluding hydrogens is 164 g/mol. The van der Waals surface area contributed by atoms with Crippen molar-refractivity contribution in [1.29, 1.82) is 0 Å². The lowest BCUT2D eigenvalue weighted by atomic mass is 10.3. The fraction of sp³-hybridized carbons (Fsp3) is 0.222. The molecule has 0 aliphatic rings. The summed E-state index contributed by atoms with van der Waals surface area (Å²) in [6.07, 6.45) is 4.35. The van der Waals surface area contributed by atoms with Crippen molar-refractivity contribution in [3.05, 3.63) is 36.3 Å². The molecule has 0 spiro atoms. The summed E-state index contributed by atoms with van der Waals surface area (Å²) in [4.78, 5) is 4.39. The van der Waals surface area contributed by atoms with Crippen molar-refractivity contribution < 1.29 is 0 Å². The van der Waals surface area contributed by atoms with E-state index in [2.05, 4.69) is 22.2 Å². The molecule has 2 aromatic heterocycles. The molecule has 4 nitrogen and oxygen atoms in total. The van der Waals surface area contributed by atoms with E-state index in [1.807, 2.05) is 18.2 Å². The molecule has 66 valence electrons. The molecule has 0 radical (unpaired) electrons. The Labute approximate surface area is 76.2 Å². The minimum Gasteiger partial charge on any atom is -0.234 e. The van der Waals surface area contributed by atoms with Crippen LogP contribution >= 0.6 is 0 Å². The van der Waals surface area contributed by atoms with E-state index in [1.54, 1.807) is 17.1 Å². The van der Waals surface area contributed by atoms with Crippen LogP contribution in [0.5, 0.6) is 0 Å². The summed E-state index contributed by atoms with van der Waals surface area (Å²) in [5, 5.41) is 7.59. The largest absolute Gasteiger partial charge is 0.234 e. The number of hydrogen-bond acceptors (Lipinski definition) is 3. The van der Waals surface area contributed by atoms with Crippen molar-refractivity contribution in [1.82, 2.24) is 20.0 Å². The Morgan fingerprint density at radius 3 is 3.00 bits per heavy atom. The van der Waals surface area contributed by atoms with Gasteiger partial charge in [-0.1, -0.05) is 18.2 Å². The van der Waals surface area contributed by atoms with E-state index in [0.29, 0.717) is 0 Å². The molecule has 0 aromatic carbocycles. The second kappa shape index (κ2) is 3.35. The van der Waals surface area contributed by atoms with Gasteiger partial charge in [0.2, 0.25) is 0 Å². The second-order valence-electron chi connectivity index (χ2n) is 2.69. The smallest absolute Gasteiger partial charge is 0.155 e. The molecule has 2 aromatic rings. The fourth-order valence-corrected chi connectivity index (χ4v) is 1.12. The van der Waals surface area contributed by atoms with Gasteiger partial charge >= 0.3 is 0 Å². The van der Waals surface area contributed by atoms with Gasteiger partial charge in [-0.25, -0.2) is 9.67 Å². The van der Waals surface area contributed by atoms with E-state index < -0.39 is 0 Å². The predicted octanol–water partition coefficient (Wildman–Crippen LogP) is 1.22. The van der Waals surface area contributed by atoms with Crippen molar-refractivity contribution in [2.75, 3.05) is 0 Å². The summed E-state index contributed by atoms with van der Waals surface area (Å²) in [6.45, 7) is 2.08. The Hall–Kier alpha value is -1.71. The van der Waals surface area contributed by atoms with Gasteiger partial charge in [-0.15, -0.1) is 5.10 Å². The summed E-state index contributed by atoms with van der Waals surface area (Å²) in [5.74, 6) is 0.817. The van der Waals surface area contributed by atoms with Gasteiger partial charge in [0.15, 0.2) is 5.82 Å². The van der Waals surface area contributed by atoms with Crippen LogP contribution in [0.4, 0.5) is 0 Å². The van der Waals surface area contributed by atoms with Crippen molar-refractivity contribution >= 4 is 0 Å². The minimum absolute atomic E-state index is 0.817. The van der Waals surface area contributed by atoms with Crippen LogP contribution < -0.4 is 0 Å². The molecule has 0 bridgehead atoms. The van der Waals surface area contributed by atoms with Crippen LogP contribution in [0, 0.1) is 0 Å². The summed E-state index contributed by atoms with van der Waals surface area (Å²) in [7, 11) is 0. The third kappa shape index (κ3) is 1.56. The summed E-state index contributed by atoms with van der Waals surface area (Å²) in [5.41, 5.74) is 1.06.